The van der Waals surface area contributed by atoms with Crippen LogP contribution in [-0.4, -0.2) is 37.2 Å². The summed E-state index contributed by atoms with van der Waals surface area (Å²) in [6.07, 6.45) is 4.42. The second kappa shape index (κ2) is 10.7. The van der Waals surface area contributed by atoms with Crippen molar-refractivity contribution < 1.29 is 4.74 Å². The number of fused-ring (bicyclic) bond motifs is 1. The number of halogens is 1. The lowest BCUT2D eigenvalue weighted by molar-refractivity contribution is 0.235. The molecule has 26 heavy (non-hydrogen) atoms. The number of aryl methyl sites for hydroxylation is 2. The monoisotopic (exact) mass is 486 g/mol. The van der Waals surface area contributed by atoms with Gasteiger partial charge in [-0.1, -0.05) is 18.2 Å². The van der Waals surface area contributed by atoms with E-state index in [-0.39, 0.29) is 30.1 Å². The molecule has 0 radical (unpaired) electrons. The maximum atomic E-state index is 5.94. The van der Waals surface area contributed by atoms with Crippen molar-refractivity contribution in [3.05, 3.63) is 45.9 Å². The van der Waals surface area contributed by atoms with Gasteiger partial charge in [-0.15, -0.1) is 35.3 Å². The number of nitrogens with zero attached hydrogens (tertiary/aromatic N) is 2. The summed E-state index contributed by atoms with van der Waals surface area (Å²) in [6.45, 7) is 3.71. The highest BCUT2D eigenvalue weighted by molar-refractivity contribution is 14.0. The number of aromatic nitrogens is 1. The maximum absolute atomic E-state index is 5.94. The van der Waals surface area contributed by atoms with E-state index < -0.39 is 0 Å². The molecule has 1 aromatic carbocycles. The lowest BCUT2D eigenvalue weighted by Crippen LogP contribution is -2.42. The van der Waals surface area contributed by atoms with E-state index in [1.54, 1.807) is 18.4 Å². The standard InChI is InChI=1S/C19H26N4OS.HI/c1-14-13-25-18(23-14)9-5-6-10-21-19(20-2)22-12-16-11-15-7-3-4-8-17(15)24-16;/h3-4,7-8,13,16H,5-6,9-12H2,1-2H3,(H2,20,21,22);1H. The normalized spacial score (nSPS) is 15.8. The Morgan fingerprint density at radius 3 is 2.88 bits per heavy atom. The van der Waals surface area contributed by atoms with Gasteiger partial charge in [-0.2, -0.15) is 0 Å². The molecule has 0 spiro atoms. The first kappa shape index (κ1) is 21.0. The minimum Gasteiger partial charge on any atom is -0.488 e. The van der Waals surface area contributed by atoms with Gasteiger partial charge < -0.3 is 15.4 Å². The van der Waals surface area contributed by atoms with Crippen molar-refractivity contribution in [3.63, 3.8) is 0 Å². The Hall–Kier alpha value is -1.35. The van der Waals surface area contributed by atoms with Crippen molar-refractivity contribution in [1.82, 2.24) is 15.6 Å². The molecule has 0 aliphatic carbocycles. The number of nitrogens with one attached hydrogen (secondary N) is 2. The van der Waals surface area contributed by atoms with Crippen LogP contribution in [0, 0.1) is 6.92 Å². The molecule has 0 saturated heterocycles. The minimum absolute atomic E-state index is 0. The smallest absolute Gasteiger partial charge is 0.191 e. The van der Waals surface area contributed by atoms with E-state index in [0.717, 1.165) is 56.2 Å². The third kappa shape index (κ3) is 6.12. The third-order valence-corrected chi connectivity index (χ3v) is 5.24. The number of hydrogen-bond acceptors (Lipinski definition) is 4. The van der Waals surface area contributed by atoms with Crippen LogP contribution >= 0.6 is 35.3 Å². The summed E-state index contributed by atoms with van der Waals surface area (Å²) < 4.78 is 5.94. The fourth-order valence-electron chi connectivity index (χ4n) is 2.92. The number of benzene rings is 1. The molecule has 0 bridgehead atoms. The summed E-state index contributed by atoms with van der Waals surface area (Å²) in [6, 6.07) is 8.24. The Morgan fingerprint density at radius 1 is 1.31 bits per heavy atom. The lowest BCUT2D eigenvalue weighted by atomic mass is 10.1. The van der Waals surface area contributed by atoms with E-state index in [0.29, 0.717) is 0 Å². The van der Waals surface area contributed by atoms with Crippen molar-refractivity contribution >= 4 is 41.3 Å². The van der Waals surface area contributed by atoms with Gasteiger partial charge in [0, 0.05) is 31.1 Å². The average molecular weight is 486 g/mol. The van der Waals surface area contributed by atoms with E-state index in [4.69, 9.17) is 4.74 Å². The Morgan fingerprint density at radius 2 is 2.15 bits per heavy atom. The fraction of sp³-hybridized carbons (Fsp3) is 0.474. The molecule has 142 valence electrons. The summed E-state index contributed by atoms with van der Waals surface area (Å²) in [5.41, 5.74) is 2.41. The van der Waals surface area contributed by atoms with Crippen molar-refractivity contribution in [2.75, 3.05) is 20.1 Å². The number of para-hydroxylation sites is 1. The highest BCUT2D eigenvalue weighted by Gasteiger charge is 2.22. The largest absolute Gasteiger partial charge is 0.488 e. The van der Waals surface area contributed by atoms with Gasteiger partial charge in [0.05, 0.1) is 11.6 Å². The molecule has 2 N–H and O–H groups in total. The zero-order valence-electron chi connectivity index (χ0n) is 15.3. The molecule has 5 nitrogen and oxygen atoms in total. The Balaban J connectivity index is 0.00000243. The van der Waals surface area contributed by atoms with Gasteiger partial charge in [0.15, 0.2) is 5.96 Å². The van der Waals surface area contributed by atoms with E-state index in [9.17, 15) is 0 Å². The molecule has 0 fully saturated rings. The first-order valence-corrected chi connectivity index (χ1v) is 9.72. The quantitative estimate of drug-likeness (QED) is 0.272. The second-order valence-corrected chi connectivity index (χ2v) is 7.21. The van der Waals surface area contributed by atoms with Crippen LogP contribution in [0.1, 0.15) is 29.1 Å². The van der Waals surface area contributed by atoms with Gasteiger partial charge in [-0.3, -0.25) is 4.99 Å². The van der Waals surface area contributed by atoms with Crippen LogP contribution < -0.4 is 15.4 Å². The second-order valence-electron chi connectivity index (χ2n) is 6.27. The molecule has 3 rings (SSSR count). The van der Waals surface area contributed by atoms with Crippen LogP contribution in [-0.2, 0) is 12.8 Å². The Kier molecular flexibility index (Phi) is 8.64. The molecule has 1 aliphatic heterocycles. The molecule has 7 heteroatoms. The van der Waals surface area contributed by atoms with E-state index in [2.05, 4.69) is 38.1 Å². The zero-order chi connectivity index (χ0) is 17.5. The van der Waals surface area contributed by atoms with Crippen LogP contribution in [0.4, 0.5) is 0 Å². The van der Waals surface area contributed by atoms with Crippen LogP contribution in [0.2, 0.25) is 0 Å². The summed E-state index contributed by atoms with van der Waals surface area (Å²) >= 11 is 1.75. The fourth-order valence-corrected chi connectivity index (χ4v) is 3.74. The number of rotatable bonds is 7. The number of aliphatic imine (C=N–C) groups is 1. The molecule has 0 amide bonds. The summed E-state index contributed by atoms with van der Waals surface area (Å²) in [7, 11) is 1.80. The van der Waals surface area contributed by atoms with Gasteiger partial charge in [-0.05, 0) is 37.8 Å². The first-order valence-electron chi connectivity index (χ1n) is 8.84. The number of guanidine groups is 1. The molecule has 2 heterocycles. The van der Waals surface area contributed by atoms with Crippen LogP contribution in [0.5, 0.6) is 5.75 Å². The molecule has 0 saturated carbocycles. The third-order valence-electron chi connectivity index (χ3n) is 4.21. The minimum atomic E-state index is 0. The topological polar surface area (TPSA) is 58.5 Å². The van der Waals surface area contributed by atoms with E-state index in [1.165, 1.54) is 10.6 Å². The lowest BCUT2D eigenvalue weighted by Gasteiger charge is -2.15. The van der Waals surface area contributed by atoms with Gasteiger partial charge in [0.25, 0.3) is 0 Å². The van der Waals surface area contributed by atoms with E-state index in [1.807, 2.05) is 19.1 Å². The highest BCUT2D eigenvalue weighted by atomic mass is 127. The predicted octanol–water partition coefficient (Wildman–Crippen LogP) is 3.56. The molecular weight excluding hydrogens is 459 g/mol. The highest BCUT2D eigenvalue weighted by Crippen LogP contribution is 2.27. The molecular formula is C19H27IN4OS. The van der Waals surface area contributed by atoms with Gasteiger partial charge in [-0.25, -0.2) is 4.98 Å². The van der Waals surface area contributed by atoms with Gasteiger partial charge in [0.1, 0.15) is 11.9 Å². The Bertz CT molecular complexity index is 694. The van der Waals surface area contributed by atoms with Crippen molar-refractivity contribution in [3.8, 4) is 5.75 Å². The zero-order valence-corrected chi connectivity index (χ0v) is 18.5. The van der Waals surface area contributed by atoms with Crippen LogP contribution in [0.25, 0.3) is 0 Å². The SMILES string of the molecule is CN=C(NCCCCc1nc(C)cs1)NCC1Cc2ccccc2O1.I. The summed E-state index contributed by atoms with van der Waals surface area (Å²) in [5, 5.41) is 10.1. The van der Waals surface area contributed by atoms with Crippen molar-refractivity contribution in [2.45, 2.75) is 38.7 Å². The molecule has 1 unspecified atom stereocenters. The Labute approximate surface area is 176 Å². The number of unbranched alkanes of at least 4 members (excludes halogenated alkanes) is 1. The summed E-state index contributed by atoms with van der Waals surface area (Å²) in [5.74, 6) is 1.85. The van der Waals surface area contributed by atoms with Gasteiger partial charge >= 0.3 is 0 Å². The molecule has 2 aromatic rings. The predicted molar refractivity (Wildman–Crippen MR) is 119 cm³/mol. The van der Waals surface area contributed by atoms with Crippen molar-refractivity contribution in [2.24, 2.45) is 4.99 Å². The first-order chi connectivity index (χ1) is 12.2. The van der Waals surface area contributed by atoms with Crippen LogP contribution in [0.15, 0.2) is 34.6 Å². The van der Waals surface area contributed by atoms with Crippen molar-refractivity contribution in [1.29, 1.82) is 0 Å². The number of ether oxygens (including phenoxy) is 1. The van der Waals surface area contributed by atoms with Gasteiger partial charge in [0.2, 0.25) is 0 Å². The number of hydrogen-bond donors (Lipinski definition) is 2. The average Bonchev–Trinajstić information content (AvgIpc) is 3.22. The molecule has 1 atom stereocenters. The molecule has 1 aliphatic rings. The molecule has 1 aromatic heterocycles. The van der Waals surface area contributed by atoms with Crippen LogP contribution in [0.3, 0.4) is 0 Å². The maximum Gasteiger partial charge on any atom is 0.191 e. The number of thiazole rings is 1. The summed E-state index contributed by atoms with van der Waals surface area (Å²) in [4.78, 5) is 8.78. The van der Waals surface area contributed by atoms with E-state index >= 15 is 0 Å².